The van der Waals surface area contributed by atoms with Crippen molar-refractivity contribution in [2.75, 3.05) is 13.2 Å². The maximum absolute atomic E-state index is 12.9. The van der Waals surface area contributed by atoms with E-state index >= 15 is 0 Å². The molecule has 0 N–H and O–H groups in total. The Bertz CT molecular complexity index is 1530. The first-order valence-corrected chi connectivity index (χ1v) is 35.1. The van der Waals surface area contributed by atoms with Gasteiger partial charge in [-0.15, -0.1) is 0 Å². The molecule has 81 heavy (non-hydrogen) atoms. The van der Waals surface area contributed by atoms with Crippen LogP contribution in [0.5, 0.6) is 0 Å². The molecular formula is C75H132O6. The predicted molar refractivity (Wildman–Crippen MR) is 353 cm³/mol. The summed E-state index contributed by atoms with van der Waals surface area (Å²) >= 11 is 0. The summed E-state index contributed by atoms with van der Waals surface area (Å²) in [6.07, 6.45) is 91.8. The number of hydrogen-bond acceptors (Lipinski definition) is 6. The van der Waals surface area contributed by atoms with E-state index in [1.807, 2.05) is 0 Å². The lowest BCUT2D eigenvalue weighted by Crippen LogP contribution is -2.30. The van der Waals surface area contributed by atoms with Crippen LogP contribution < -0.4 is 0 Å². The van der Waals surface area contributed by atoms with E-state index in [9.17, 15) is 14.4 Å². The maximum Gasteiger partial charge on any atom is 0.306 e. The Hall–Kier alpha value is -3.41. The standard InChI is InChI=1S/C75H132O6/c1-4-7-10-13-16-19-22-25-28-29-30-31-32-33-34-35-36-37-38-39-40-41-42-43-44-45-48-50-53-56-59-62-65-68-74(77)80-71-72(81-75(78)69-66-63-60-57-54-51-47-27-24-21-18-15-12-9-6-3)70-79-73(76)67-64-61-58-55-52-49-46-26-23-20-17-14-11-8-5-2/h7,10,16,19,25-28,30-31,33-34,46-47,72H,4-6,8-9,11-15,17-18,20-24,29,32,35-45,48-71H2,1-3H3/b10-7-,19-16-,28-25-,31-30-,34-33-,46-26-,47-27-. The highest BCUT2D eigenvalue weighted by Gasteiger charge is 2.19. The van der Waals surface area contributed by atoms with Gasteiger partial charge in [0.05, 0.1) is 0 Å². The molecule has 0 bridgehead atoms. The van der Waals surface area contributed by atoms with Crippen LogP contribution in [-0.4, -0.2) is 37.2 Å². The summed E-state index contributed by atoms with van der Waals surface area (Å²) in [5.74, 6) is -0.877. The molecule has 0 rings (SSSR count). The highest BCUT2D eigenvalue weighted by Crippen LogP contribution is 2.17. The third kappa shape index (κ3) is 67.3. The molecule has 0 aliphatic carbocycles. The van der Waals surface area contributed by atoms with Gasteiger partial charge in [-0.3, -0.25) is 14.4 Å². The average molecular weight is 1130 g/mol. The highest BCUT2D eigenvalue weighted by molar-refractivity contribution is 5.71. The van der Waals surface area contributed by atoms with Crippen molar-refractivity contribution in [2.24, 2.45) is 0 Å². The zero-order valence-electron chi connectivity index (χ0n) is 53.8. The summed E-state index contributed by atoms with van der Waals surface area (Å²) in [4.78, 5) is 38.4. The molecule has 6 nitrogen and oxygen atoms in total. The molecule has 0 fully saturated rings. The van der Waals surface area contributed by atoms with Gasteiger partial charge < -0.3 is 14.2 Å². The Morgan fingerprint density at radius 3 is 0.765 bits per heavy atom. The van der Waals surface area contributed by atoms with E-state index in [0.717, 1.165) is 109 Å². The number of esters is 3. The zero-order chi connectivity index (χ0) is 58.5. The first kappa shape index (κ1) is 77.6. The normalized spacial score (nSPS) is 12.6. The third-order valence-corrected chi connectivity index (χ3v) is 15.4. The van der Waals surface area contributed by atoms with E-state index in [1.165, 1.54) is 205 Å². The number of unbranched alkanes of at least 4 members (excludes halogenated alkanes) is 39. The van der Waals surface area contributed by atoms with E-state index in [0.29, 0.717) is 19.3 Å². The topological polar surface area (TPSA) is 78.9 Å². The van der Waals surface area contributed by atoms with Crippen molar-refractivity contribution in [1.29, 1.82) is 0 Å². The smallest absolute Gasteiger partial charge is 0.306 e. The van der Waals surface area contributed by atoms with Gasteiger partial charge in [-0.05, 0) is 116 Å². The minimum absolute atomic E-state index is 0.0783. The SMILES string of the molecule is CC/C=C\C/C=C\C/C=C\C/C=C\C/C=C\CCCCCCCCCCCCCCCCCCCC(=O)OCC(COC(=O)CCCCCCC/C=C\CCCCCCCC)OC(=O)CCCCCCC/C=C\CCCCCCCC. The summed E-state index contributed by atoms with van der Waals surface area (Å²) < 4.78 is 17.0. The van der Waals surface area contributed by atoms with Crippen LogP contribution >= 0.6 is 0 Å². The minimum Gasteiger partial charge on any atom is -0.462 e. The van der Waals surface area contributed by atoms with Crippen LogP contribution in [0.15, 0.2) is 85.1 Å². The molecule has 0 saturated heterocycles. The molecule has 0 aromatic carbocycles. The van der Waals surface area contributed by atoms with Gasteiger partial charge in [-0.2, -0.15) is 0 Å². The molecule has 1 unspecified atom stereocenters. The van der Waals surface area contributed by atoms with E-state index < -0.39 is 6.10 Å². The fraction of sp³-hybridized carbons (Fsp3) is 0.773. The quantitative estimate of drug-likeness (QED) is 0.0261. The monoisotopic (exact) mass is 1130 g/mol. The Labute approximate surface area is 503 Å². The Morgan fingerprint density at radius 1 is 0.259 bits per heavy atom. The first-order valence-electron chi connectivity index (χ1n) is 35.1. The van der Waals surface area contributed by atoms with Crippen molar-refractivity contribution in [2.45, 2.75) is 361 Å². The molecule has 0 aromatic rings. The molecule has 0 aliphatic rings. The second-order valence-corrected chi connectivity index (χ2v) is 23.4. The molecule has 1 atom stereocenters. The number of carbonyl (C=O) groups is 3. The van der Waals surface area contributed by atoms with E-state index in [4.69, 9.17) is 14.2 Å². The van der Waals surface area contributed by atoms with Crippen LogP contribution in [0.2, 0.25) is 0 Å². The maximum atomic E-state index is 12.9. The van der Waals surface area contributed by atoms with Gasteiger partial charge in [0.15, 0.2) is 6.10 Å². The summed E-state index contributed by atoms with van der Waals surface area (Å²) in [6.45, 7) is 6.54. The summed E-state index contributed by atoms with van der Waals surface area (Å²) in [5, 5.41) is 0. The second-order valence-electron chi connectivity index (χ2n) is 23.4. The summed E-state index contributed by atoms with van der Waals surface area (Å²) in [7, 11) is 0. The molecule has 0 aliphatic heterocycles. The van der Waals surface area contributed by atoms with Crippen LogP contribution in [0.3, 0.4) is 0 Å². The van der Waals surface area contributed by atoms with E-state index in [2.05, 4.69) is 106 Å². The van der Waals surface area contributed by atoms with Gasteiger partial charge in [-0.25, -0.2) is 0 Å². The van der Waals surface area contributed by atoms with Crippen molar-refractivity contribution in [3.05, 3.63) is 85.1 Å². The van der Waals surface area contributed by atoms with Crippen molar-refractivity contribution < 1.29 is 28.6 Å². The Balaban J connectivity index is 4.18. The Kier molecular flexibility index (Phi) is 66.2. The number of rotatable bonds is 64. The number of carbonyl (C=O) groups excluding carboxylic acids is 3. The number of ether oxygens (including phenoxy) is 3. The van der Waals surface area contributed by atoms with Crippen molar-refractivity contribution in [1.82, 2.24) is 0 Å². The van der Waals surface area contributed by atoms with Gasteiger partial charge in [0.1, 0.15) is 13.2 Å². The first-order chi connectivity index (χ1) is 40.0. The van der Waals surface area contributed by atoms with Crippen molar-refractivity contribution in [3.63, 3.8) is 0 Å². The van der Waals surface area contributed by atoms with E-state index in [1.54, 1.807) is 0 Å². The fourth-order valence-corrected chi connectivity index (χ4v) is 10.1. The predicted octanol–water partition coefficient (Wildman–Crippen LogP) is 24.2. The van der Waals surface area contributed by atoms with Gasteiger partial charge >= 0.3 is 17.9 Å². The summed E-state index contributed by atoms with van der Waals surface area (Å²) in [6, 6.07) is 0. The third-order valence-electron chi connectivity index (χ3n) is 15.4. The van der Waals surface area contributed by atoms with E-state index in [-0.39, 0.29) is 31.1 Å². The van der Waals surface area contributed by atoms with Crippen molar-refractivity contribution in [3.8, 4) is 0 Å². The second kappa shape index (κ2) is 69.1. The highest BCUT2D eigenvalue weighted by atomic mass is 16.6. The molecule has 0 heterocycles. The number of allylic oxidation sites excluding steroid dienone is 14. The largest absolute Gasteiger partial charge is 0.462 e. The molecule has 0 saturated carbocycles. The lowest BCUT2D eigenvalue weighted by atomic mass is 10.0. The lowest BCUT2D eigenvalue weighted by Gasteiger charge is -2.18. The van der Waals surface area contributed by atoms with Crippen LogP contribution in [0.4, 0.5) is 0 Å². The van der Waals surface area contributed by atoms with Crippen LogP contribution in [0.25, 0.3) is 0 Å². The van der Waals surface area contributed by atoms with Crippen molar-refractivity contribution >= 4 is 17.9 Å². The molecule has 468 valence electrons. The number of hydrogen-bond donors (Lipinski definition) is 0. The zero-order valence-corrected chi connectivity index (χ0v) is 53.8. The molecule has 0 aromatic heterocycles. The molecular weight excluding hydrogens is 997 g/mol. The summed E-state index contributed by atoms with van der Waals surface area (Å²) in [5.41, 5.74) is 0. The minimum atomic E-state index is -0.783. The molecule has 0 amide bonds. The van der Waals surface area contributed by atoms with Gasteiger partial charge in [0, 0.05) is 19.3 Å². The molecule has 0 spiro atoms. The van der Waals surface area contributed by atoms with Crippen LogP contribution in [0, 0.1) is 0 Å². The fourth-order valence-electron chi connectivity index (χ4n) is 10.1. The lowest BCUT2D eigenvalue weighted by molar-refractivity contribution is -0.167. The van der Waals surface area contributed by atoms with Gasteiger partial charge in [-0.1, -0.05) is 305 Å². The Morgan fingerprint density at radius 2 is 0.481 bits per heavy atom. The van der Waals surface area contributed by atoms with Gasteiger partial charge in [0.25, 0.3) is 0 Å². The average Bonchev–Trinajstić information content (AvgIpc) is 3.47. The van der Waals surface area contributed by atoms with Crippen LogP contribution in [-0.2, 0) is 28.6 Å². The van der Waals surface area contributed by atoms with Crippen LogP contribution in [0.1, 0.15) is 355 Å². The van der Waals surface area contributed by atoms with Gasteiger partial charge in [0.2, 0.25) is 0 Å². The molecule has 6 heteroatoms. The molecule has 0 radical (unpaired) electrons.